The molecular weight excluding hydrogens is 400 g/mol. The maximum Gasteiger partial charge on any atom is 0.346 e. The van der Waals surface area contributed by atoms with E-state index in [-0.39, 0.29) is 22.5 Å². The molecule has 0 saturated carbocycles. The average Bonchev–Trinajstić information content (AvgIpc) is 3.07. The zero-order valence-electron chi connectivity index (χ0n) is 15.2. The standard InChI is InChI=1S/C21H15F2NO4S/c1-28-11-7-5-10(6-8-11)16-18-19(29-20(16)21(26)27)12(9-15(25)24-18)17-13(22)3-2-4-14(17)23/h2-8,12H,9H2,1H3,(H,24,25)(H,26,27)/t12-/m0/s1. The first kappa shape index (κ1) is 19.1. The normalized spacial score (nSPS) is 15.6. The first-order valence-corrected chi connectivity index (χ1v) is 9.50. The number of hydrogen-bond acceptors (Lipinski definition) is 4. The van der Waals surface area contributed by atoms with Crippen molar-refractivity contribution in [3.05, 3.63) is 69.4 Å². The lowest BCUT2D eigenvalue weighted by Crippen LogP contribution is -2.23. The molecule has 0 radical (unpaired) electrons. The van der Waals surface area contributed by atoms with Crippen LogP contribution in [0.3, 0.4) is 0 Å². The Balaban J connectivity index is 1.95. The maximum atomic E-state index is 14.4. The number of carboxylic acid groups (broad SMARTS) is 1. The molecule has 1 aliphatic heterocycles. The van der Waals surface area contributed by atoms with E-state index in [2.05, 4.69) is 5.32 Å². The second-order valence-corrected chi connectivity index (χ2v) is 7.57. The fourth-order valence-electron chi connectivity index (χ4n) is 3.55. The molecular formula is C21H15F2NO4S. The monoisotopic (exact) mass is 415 g/mol. The minimum Gasteiger partial charge on any atom is -0.497 e. The molecule has 1 amide bonds. The van der Waals surface area contributed by atoms with E-state index in [4.69, 9.17) is 4.74 Å². The van der Waals surface area contributed by atoms with Gasteiger partial charge in [-0.25, -0.2) is 13.6 Å². The molecule has 1 atom stereocenters. The Kier molecular flexibility index (Phi) is 4.79. The van der Waals surface area contributed by atoms with Crippen molar-refractivity contribution in [2.75, 3.05) is 12.4 Å². The van der Waals surface area contributed by atoms with Crippen molar-refractivity contribution in [1.82, 2.24) is 0 Å². The van der Waals surface area contributed by atoms with Crippen LogP contribution in [0.1, 0.15) is 32.5 Å². The molecule has 0 fully saturated rings. The summed E-state index contributed by atoms with van der Waals surface area (Å²) >= 11 is 0.918. The fourth-order valence-corrected chi connectivity index (χ4v) is 4.78. The van der Waals surface area contributed by atoms with Gasteiger partial charge in [0.25, 0.3) is 0 Å². The van der Waals surface area contributed by atoms with Gasteiger partial charge in [-0.3, -0.25) is 4.79 Å². The molecule has 8 heteroatoms. The van der Waals surface area contributed by atoms with Crippen LogP contribution in [0.4, 0.5) is 14.5 Å². The largest absolute Gasteiger partial charge is 0.497 e. The molecule has 0 aliphatic carbocycles. The molecule has 0 bridgehead atoms. The summed E-state index contributed by atoms with van der Waals surface area (Å²) in [6, 6.07) is 10.2. The van der Waals surface area contributed by atoms with Crippen molar-refractivity contribution < 1.29 is 28.2 Å². The quantitative estimate of drug-likeness (QED) is 0.637. The van der Waals surface area contributed by atoms with Gasteiger partial charge in [-0.2, -0.15) is 0 Å². The van der Waals surface area contributed by atoms with Gasteiger partial charge < -0.3 is 15.2 Å². The zero-order chi connectivity index (χ0) is 20.7. The molecule has 0 unspecified atom stereocenters. The lowest BCUT2D eigenvalue weighted by molar-refractivity contribution is -0.116. The summed E-state index contributed by atoms with van der Waals surface area (Å²) < 4.78 is 34.0. The Morgan fingerprint density at radius 2 is 1.83 bits per heavy atom. The summed E-state index contributed by atoms with van der Waals surface area (Å²) in [4.78, 5) is 24.7. The van der Waals surface area contributed by atoms with E-state index in [1.807, 2.05) is 0 Å². The molecule has 2 N–H and O–H groups in total. The molecule has 0 saturated heterocycles. The van der Waals surface area contributed by atoms with E-state index >= 15 is 0 Å². The number of thiophene rings is 1. The molecule has 148 valence electrons. The van der Waals surface area contributed by atoms with Crippen LogP contribution in [0, 0.1) is 11.6 Å². The van der Waals surface area contributed by atoms with Gasteiger partial charge in [-0.15, -0.1) is 11.3 Å². The van der Waals surface area contributed by atoms with Gasteiger partial charge in [0.1, 0.15) is 22.3 Å². The smallest absolute Gasteiger partial charge is 0.346 e. The Morgan fingerprint density at radius 3 is 2.41 bits per heavy atom. The third-order valence-corrected chi connectivity index (χ3v) is 6.12. The second-order valence-electron chi connectivity index (χ2n) is 6.52. The number of fused-ring (bicyclic) bond motifs is 1. The summed E-state index contributed by atoms with van der Waals surface area (Å²) in [6.07, 6.45) is -0.174. The van der Waals surface area contributed by atoms with E-state index in [0.29, 0.717) is 21.8 Å². The van der Waals surface area contributed by atoms with Crippen LogP contribution >= 0.6 is 11.3 Å². The number of carboxylic acids is 1. The zero-order valence-corrected chi connectivity index (χ0v) is 16.0. The number of ether oxygens (including phenoxy) is 1. The van der Waals surface area contributed by atoms with E-state index in [0.717, 1.165) is 23.5 Å². The lowest BCUT2D eigenvalue weighted by Gasteiger charge is -2.24. The Labute approximate surface area is 168 Å². The van der Waals surface area contributed by atoms with Gasteiger partial charge in [-0.1, -0.05) is 18.2 Å². The highest BCUT2D eigenvalue weighted by molar-refractivity contribution is 7.15. The van der Waals surface area contributed by atoms with Crippen molar-refractivity contribution in [3.8, 4) is 16.9 Å². The number of carbonyl (C=O) groups excluding carboxylic acids is 1. The summed E-state index contributed by atoms with van der Waals surface area (Å²) in [5.41, 5.74) is 0.912. The van der Waals surface area contributed by atoms with Crippen molar-refractivity contribution in [2.24, 2.45) is 0 Å². The number of methoxy groups -OCH3 is 1. The average molecular weight is 415 g/mol. The SMILES string of the molecule is COc1ccc(-c2c(C(=O)O)sc3c2NC(=O)C[C@H]3c2c(F)cccc2F)cc1. The van der Waals surface area contributed by atoms with Gasteiger partial charge in [-0.05, 0) is 29.8 Å². The van der Waals surface area contributed by atoms with Crippen LogP contribution in [0.15, 0.2) is 42.5 Å². The van der Waals surface area contributed by atoms with Crippen molar-refractivity contribution in [1.29, 1.82) is 0 Å². The molecule has 2 aromatic carbocycles. The Bertz CT molecular complexity index is 1100. The number of halogens is 2. The molecule has 5 nitrogen and oxygen atoms in total. The van der Waals surface area contributed by atoms with Crippen molar-refractivity contribution in [2.45, 2.75) is 12.3 Å². The van der Waals surface area contributed by atoms with E-state index in [9.17, 15) is 23.5 Å². The molecule has 3 aromatic rings. The summed E-state index contributed by atoms with van der Waals surface area (Å²) in [7, 11) is 1.51. The molecule has 29 heavy (non-hydrogen) atoms. The van der Waals surface area contributed by atoms with Crippen LogP contribution in [0.25, 0.3) is 11.1 Å². The fraction of sp³-hybridized carbons (Fsp3) is 0.143. The number of rotatable bonds is 4. The third-order valence-electron chi connectivity index (χ3n) is 4.83. The summed E-state index contributed by atoms with van der Waals surface area (Å²) in [6.45, 7) is 0. The molecule has 4 rings (SSSR count). The van der Waals surface area contributed by atoms with Gasteiger partial charge in [0.2, 0.25) is 5.91 Å². The van der Waals surface area contributed by atoms with E-state index < -0.39 is 29.4 Å². The highest BCUT2D eigenvalue weighted by Crippen LogP contribution is 2.50. The first-order chi connectivity index (χ1) is 13.9. The minimum absolute atomic E-state index is 0.0101. The Hall–Kier alpha value is -3.26. The van der Waals surface area contributed by atoms with Crippen molar-refractivity contribution >= 4 is 28.9 Å². The second kappa shape index (κ2) is 7.29. The molecule has 1 aromatic heterocycles. The van der Waals surface area contributed by atoms with Crippen LogP contribution in [0.2, 0.25) is 0 Å². The number of hydrogen-bond donors (Lipinski definition) is 2. The third kappa shape index (κ3) is 3.25. The number of amides is 1. The van der Waals surface area contributed by atoms with Crippen LogP contribution in [0.5, 0.6) is 5.75 Å². The van der Waals surface area contributed by atoms with Crippen LogP contribution in [-0.4, -0.2) is 24.1 Å². The molecule has 2 heterocycles. The van der Waals surface area contributed by atoms with Crippen LogP contribution < -0.4 is 10.1 Å². The van der Waals surface area contributed by atoms with E-state index in [1.165, 1.54) is 13.2 Å². The van der Waals surface area contributed by atoms with E-state index in [1.54, 1.807) is 24.3 Å². The predicted octanol–water partition coefficient (Wildman–Crippen LogP) is 4.87. The minimum atomic E-state index is -1.18. The predicted molar refractivity (Wildman–Crippen MR) is 105 cm³/mol. The Morgan fingerprint density at radius 1 is 1.17 bits per heavy atom. The van der Waals surface area contributed by atoms with Gasteiger partial charge in [0.05, 0.1) is 12.8 Å². The highest BCUT2D eigenvalue weighted by atomic mass is 32.1. The van der Waals surface area contributed by atoms with Gasteiger partial charge in [0.15, 0.2) is 0 Å². The topological polar surface area (TPSA) is 75.6 Å². The number of nitrogens with one attached hydrogen (secondary N) is 1. The highest BCUT2D eigenvalue weighted by Gasteiger charge is 2.36. The number of aromatic carboxylic acids is 1. The number of benzene rings is 2. The first-order valence-electron chi connectivity index (χ1n) is 8.68. The van der Waals surface area contributed by atoms with Gasteiger partial charge >= 0.3 is 5.97 Å². The lowest BCUT2D eigenvalue weighted by atomic mass is 9.88. The number of carbonyl (C=O) groups is 2. The summed E-state index contributed by atoms with van der Waals surface area (Å²) in [5.74, 6) is -3.48. The van der Waals surface area contributed by atoms with Gasteiger partial charge in [0, 0.05) is 28.3 Å². The van der Waals surface area contributed by atoms with Crippen molar-refractivity contribution in [3.63, 3.8) is 0 Å². The maximum absolute atomic E-state index is 14.4. The van der Waals surface area contributed by atoms with Crippen LogP contribution in [-0.2, 0) is 4.79 Å². The number of anilines is 1. The summed E-state index contributed by atoms with van der Waals surface area (Å²) in [5, 5.41) is 12.4. The molecule has 0 spiro atoms. The molecule has 1 aliphatic rings.